The van der Waals surface area contributed by atoms with Crippen molar-refractivity contribution in [3.8, 4) is 11.5 Å². The van der Waals surface area contributed by atoms with Crippen LogP contribution in [0.5, 0.6) is 11.5 Å². The zero-order chi connectivity index (χ0) is 40.0. The Morgan fingerprint density at radius 3 is 2.26 bits per heavy atom. The van der Waals surface area contributed by atoms with Crippen LogP contribution in [0.2, 0.25) is 0 Å². The zero-order valence-electron chi connectivity index (χ0n) is 31.6. The summed E-state index contributed by atoms with van der Waals surface area (Å²) in [5.41, 5.74) is -1.23. The Labute approximate surface area is 312 Å². The number of hydrogen-bond donors (Lipinski definition) is 4. The Morgan fingerprint density at radius 1 is 0.963 bits per heavy atom. The van der Waals surface area contributed by atoms with Gasteiger partial charge in [-0.05, 0) is 19.9 Å². The summed E-state index contributed by atoms with van der Waals surface area (Å²) in [4.78, 5) is 66.6. The van der Waals surface area contributed by atoms with E-state index in [4.69, 9.17) is 28.4 Å². The van der Waals surface area contributed by atoms with Crippen LogP contribution in [0.25, 0.3) is 0 Å². The van der Waals surface area contributed by atoms with E-state index in [1.807, 2.05) is 0 Å². The van der Waals surface area contributed by atoms with Crippen LogP contribution >= 0.6 is 0 Å². The number of allylic oxidation sites excluding steroid dienone is 3. The molecule has 1 aromatic rings. The second-order valence-corrected chi connectivity index (χ2v) is 14.4. The number of carbonyl (C=O) groups excluding carboxylic acids is 5. The van der Waals surface area contributed by atoms with Crippen molar-refractivity contribution in [2.24, 2.45) is 23.7 Å². The van der Waals surface area contributed by atoms with Gasteiger partial charge in [0, 0.05) is 61.8 Å². The van der Waals surface area contributed by atoms with E-state index < -0.39 is 107 Å². The van der Waals surface area contributed by atoms with Crippen LogP contribution in [0, 0.1) is 30.6 Å². The fourth-order valence-electron chi connectivity index (χ4n) is 7.37. The lowest BCUT2D eigenvalue weighted by Crippen LogP contribution is -2.46. The molecule has 10 atom stereocenters. The highest BCUT2D eigenvalue weighted by Gasteiger charge is 2.58. The molecule has 1 spiro atoms. The number of methoxy groups -OCH3 is 1. The molecule has 0 aromatic heterocycles. The normalized spacial score (nSPS) is 36.6. The number of aliphatic hydroxyl groups excluding tert-OH is 2. The summed E-state index contributed by atoms with van der Waals surface area (Å²) in [6, 6.07) is 0. The van der Waals surface area contributed by atoms with Crippen LogP contribution in [-0.4, -0.2) is 88.7 Å². The molecule has 1 aromatic carbocycles. The number of rotatable bonds is 2. The van der Waals surface area contributed by atoms with Crippen molar-refractivity contribution in [3.05, 3.63) is 70.2 Å². The zero-order valence-corrected chi connectivity index (χ0v) is 31.6. The molecule has 1 saturated heterocycles. The lowest BCUT2D eigenvalue weighted by molar-refractivity contribution is -0.161. The van der Waals surface area contributed by atoms with Crippen molar-refractivity contribution in [3.63, 3.8) is 0 Å². The molecule has 4 N–H and O–H groups in total. The molecule has 0 saturated carbocycles. The van der Waals surface area contributed by atoms with Gasteiger partial charge in [0.1, 0.15) is 24.2 Å². The van der Waals surface area contributed by atoms with Gasteiger partial charge in [-0.1, -0.05) is 45.9 Å². The van der Waals surface area contributed by atoms with E-state index in [0.29, 0.717) is 0 Å². The summed E-state index contributed by atoms with van der Waals surface area (Å²) in [7, 11) is 1.42. The topological polar surface area (TPSA) is 213 Å². The first-order valence-corrected chi connectivity index (χ1v) is 17.6. The first-order valence-electron chi connectivity index (χ1n) is 17.6. The summed E-state index contributed by atoms with van der Waals surface area (Å²) in [6.45, 7) is 11.7. The Morgan fingerprint density at radius 2 is 1.65 bits per heavy atom. The van der Waals surface area contributed by atoms with Crippen LogP contribution in [0.4, 0.5) is 0 Å². The van der Waals surface area contributed by atoms with Gasteiger partial charge < -0.3 is 49.1 Å². The molecular weight excluding hydrogens is 706 g/mol. The second-order valence-electron chi connectivity index (χ2n) is 14.4. The van der Waals surface area contributed by atoms with Gasteiger partial charge in [0.05, 0.1) is 47.0 Å². The molecule has 1 amide bonds. The fourth-order valence-corrected chi connectivity index (χ4v) is 7.37. The summed E-state index contributed by atoms with van der Waals surface area (Å²) in [5.74, 6) is -11.4. The minimum atomic E-state index is -2.21. The van der Waals surface area contributed by atoms with E-state index in [1.165, 1.54) is 47.0 Å². The SMILES string of the molecule is COC1/C=C/OC2(C)Oc3c(C)c(O)c4c(c3C2=O)C2(C=C(NC(=O)/C(C)=C\C=C\C(C)C(O)C(C)C(O)C(C)C(OC(C)=O)C1C)C4=O)OCC(=O)O2. The number of ketones is 2. The number of benzene rings is 1. The predicted molar refractivity (Wildman–Crippen MR) is 189 cm³/mol. The van der Waals surface area contributed by atoms with Gasteiger partial charge in [0.25, 0.3) is 17.5 Å². The third kappa shape index (κ3) is 7.08. The maximum Gasteiger partial charge on any atom is 0.335 e. The highest BCUT2D eigenvalue weighted by atomic mass is 16.8. The molecule has 5 aliphatic rings. The maximum absolute atomic E-state index is 14.3. The minimum Gasteiger partial charge on any atom is -0.507 e. The molecule has 15 heteroatoms. The molecule has 292 valence electrons. The van der Waals surface area contributed by atoms with Crippen molar-refractivity contribution in [2.45, 2.75) is 91.4 Å². The van der Waals surface area contributed by atoms with E-state index in [0.717, 1.165) is 12.3 Å². The Balaban J connectivity index is 1.66. The van der Waals surface area contributed by atoms with Crippen LogP contribution in [0.1, 0.15) is 80.3 Å². The summed E-state index contributed by atoms with van der Waals surface area (Å²) in [6.07, 6.45) is 4.41. The average molecular weight is 754 g/mol. The molecule has 4 aliphatic heterocycles. The van der Waals surface area contributed by atoms with Crippen molar-refractivity contribution < 1.29 is 67.7 Å². The molecular formula is C39H47NO14. The minimum absolute atomic E-state index is 0.00812. The predicted octanol–water partition coefficient (Wildman–Crippen LogP) is 3.17. The standard InChI is InChI=1S/C39H47NO14/c1-17-11-10-12-18(2)37(48)40-24-15-39(51-16-26(42)53-39)29-27(33(24)46)32(45)22(6)35-28(29)36(47)38(8,54-35)50-14-13-25(49-9)19(3)34(52-23(7)41)21(5)31(44)20(4)30(17)43/h10-15,17,19-21,25,30-31,34,43-45H,16H2,1-9H3,(H,40,48)/b11-10+,14-13+,18-12-. The van der Waals surface area contributed by atoms with E-state index in [-0.39, 0.29) is 33.7 Å². The number of aliphatic hydroxyl groups is 2. The molecule has 1 aliphatic carbocycles. The van der Waals surface area contributed by atoms with E-state index >= 15 is 0 Å². The first-order chi connectivity index (χ1) is 25.3. The van der Waals surface area contributed by atoms with Crippen molar-refractivity contribution in [1.29, 1.82) is 0 Å². The number of phenolic OH excluding ortho intramolecular Hbond substituents is 1. The third-order valence-electron chi connectivity index (χ3n) is 10.6. The summed E-state index contributed by atoms with van der Waals surface area (Å²) < 4.78 is 34.8. The monoisotopic (exact) mass is 753 g/mol. The number of Topliss-reactive ketones (excluding diaryl/α,β-unsaturated/α-hetero) is 2. The maximum atomic E-state index is 14.3. The fraction of sp³-hybridized carbons (Fsp3) is 0.513. The summed E-state index contributed by atoms with van der Waals surface area (Å²) >= 11 is 0. The van der Waals surface area contributed by atoms with Crippen LogP contribution < -0.4 is 10.1 Å². The molecule has 6 rings (SSSR count). The first kappa shape index (κ1) is 40.4. The summed E-state index contributed by atoms with van der Waals surface area (Å²) in [5, 5.41) is 36.6. The number of esters is 2. The Hall–Kier alpha value is -4.83. The number of fused-ring (bicyclic) bond motifs is 13. The van der Waals surface area contributed by atoms with E-state index in [1.54, 1.807) is 39.8 Å². The molecule has 5 bridgehead atoms. The molecule has 0 radical (unpaired) electrons. The highest BCUT2D eigenvalue weighted by Crippen LogP contribution is 2.53. The number of phenols is 1. The molecule has 4 heterocycles. The molecule has 1 fully saturated rings. The van der Waals surface area contributed by atoms with Gasteiger partial charge in [-0.2, -0.15) is 0 Å². The van der Waals surface area contributed by atoms with Crippen molar-refractivity contribution in [2.75, 3.05) is 13.7 Å². The van der Waals surface area contributed by atoms with Crippen LogP contribution in [0.15, 0.2) is 47.9 Å². The smallest absolute Gasteiger partial charge is 0.335 e. The number of carbonyl (C=O) groups is 5. The van der Waals surface area contributed by atoms with Gasteiger partial charge in [0.15, 0.2) is 0 Å². The van der Waals surface area contributed by atoms with Gasteiger partial charge in [-0.25, -0.2) is 4.79 Å². The second kappa shape index (κ2) is 15.1. The lowest BCUT2D eigenvalue weighted by Gasteiger charge is -2.38. The lowest BCUT2D eigenvalue weighted by atomic mass is 9.78. The number of nitrogens with one attached hydrogen (secondary N) is 1. The van der Waals surface area contributed by atoms with Gasteiger partial charge in [-0.15, -0.1) is 0 Å². The molecule has 15 nitrogen and oxygen atoms in total. The van der Waals surface area contributed by atoms with Crippen molar-refractivity contribution >= 4 is 29.4 Å². The largest absolute Gasteiger partial charge is 0.507 e. The van der Waals surface area contributed by atoms with Crippen LogP contribution in [0.3, 0.4) is 0 Å². The number of amides is 1. The Bertz CT molecular complexity index is 1880. The Kier molecular flexibility index (Phi) is 11.3. The molecule has 54 heavy (non-hydrogen) atoms. The average Bonchev–Trinajstić information content (AvgIpc) is 3.62. The quantitative estimate of drug-likeness (QED) is 0.320. The van der Waals surface area contributed by atoms with Gasteiger partial charge in [0.2, 0.25) is 5.78 Å². The highest BCUT2D eigenvalue weighted by molar-refractivity contribution is 6.19. The molecule has 10 unspecified atom stereocenters. The van der Waals surface area contributed by atoms with Crippen LogP contribution in [-0.2, 0) is 43.9 Å². The number of hydrogen-bond acceptors (Lipinski definition) is 14. The third-order valence-corrected chi connectivity index (χ3v) is 10.6. The van der Waals surface area contributed by atoms with E-state index in [9.17, 15) is 39.3 Å². The number of aromatic hydroxyl groups is 1. The van der Waals surface area contributed by atoms with Gasteiger partial charge in [-0.3, -0.25) is 19.2 Å². The number of ether oxygens (including phenoxy) is 6. The van der Waals surface area contributed by atoms with Crippen molar-refractivity contribution in [1.82, 2.24) is 5.32 Å². The van der Waals surface area contributed by atoms with Gasteiger partial charge >= 0.3 is 17.7 Å². The van der Waals surface area contributed by atoms with E-state index in [2.05, 4.69) is 5.32 Å².